The number of fused-ring (bicyclic) bond motifs is 1. The van der Waals surface area contributed by atoms with Crippen LogP contribution < -0.4 is 20.7 Å². The van der Waals surface area contributed by atoms with Crippen LogP contribution in [0.25, 0.3) is 21.6 Å². The number of benzene rings is 2. The molecule has 37 heavy (non-hydrogen) atoms. The summed E-state index contributed by atoms with van der Waals surface area (Å²) in [7, 11) is 3.08. The molecule has 0 spiro atoms. The van der Waals surface area contributed by atoms with Crippen molar-refractivity contribution in [1.82, 2.24) is 15.0 Å². The largest absolute Gasteiger partial charge is 0.496 e. The SMILES string of the molecule is COCc1nc2c(N3CCC[C@H]3CN)c(NC(=O)c3ccnc(-c4c(F)cccc4OC)n3)ccc2s1. The molecule has 4 aromatic rings. The number of nitrogens with two attached hydrogens (primary N) is 1. The predicted octanol–water partition coefficient (Wildman–Crippen LogP) is 4.23. The fourth-order valence-corrected chi connectivity index (χ4v) is 5.60. The van der Waals surface area contributed by atoms with E-state index < -0.39 is 11.7 Å². The molecule has 0 aliphatic carbocycles. The van der Waals surface area contributed by atoms with E-state index in [-0.39, 0.29) is 28.9 Å². The predicted molar refractivity (Wildman–Crippen MR) is 142 cm³/mol. The van der Waals surface area contributed by atoms with Gasteiger partial charge in [0.05, 0.1) is 35.4 Å². The average Bonchev–Trinajstić information content (AvgIpc) is 3.55. The monoisotopic (exact) mass is 522 g/mol. The lowest BCUT2D eigenvalue weighted by Gasteiger charge is -2.28. The van der Waals surface area contributed by atoms with Gasteiger partial charge >= 0.3 is 0 Å². The van der Waals surface area contributed by atoms with E-state index in [0.29, 0.717) is 18.8 Å². The number of nitrogens with zero attached hydrogens (tertiary/aromatic N) is 4. The first-order valence-electron chi connectivity index (χ1n) is 11.9. The van der Waals surface area contributed by atoms with Crippen molar-refractivity contribution < 1.29 is 18.7 Å². The van der Waals surface area contributed by atoms with Crippen LogP contribution in [0.4, 0.5) is 15.8 Å². The van der Waals surface area contributed by atoms with Gasteiger partial charge in [-0.1, -0.05) is 6.07 Å². The van der Waals surface area contributed by atoms with Gasteiger partial charge in [0.1, 0.15) is 27.8 Å². The minimum absolute atomic E-state index is 0.0599. The van der Waals surface area contributed by atoms with Crippen LogP contribution in [0.15, 0.2) is 42.6 Å². The summed E-state index contributed by atoms with van der Waals surface area (Å²) in [5.74, 6) is -0.649. The molecular formula is C26H27FN6O3S. The summed E-state index contributed by atoms with van der Waals surface area (Å²) in [6, 6.07) is 9.90. The standard InChI is InChI=1S/C26H27FN6O3S/c1-35-14-21-32-23-20(37-21)9-8-17(24(23)33-12-4-5-15(33)13-28)31-26(34)18-10-11-29-25(30-18)22-16(27)6-3-7-19(22)36-2/h3,6-11,15H,4-5,12-14,28H2,1-2H3,(H,31,34)/t15-/m0/s1. The van der Waals surface area contributed by atoms with Crippen molar-refractivity contribution in [2.75, 3.05) is 37.5 Å². The number of ether oxygens (including phenoxy) is 2. The molecule has 0 saturated carbocycles. The highest BCUT2D eigenvalue weighted by Gasteiger charge is 2.29. The van der Waals surface area contributed by atoms with Crippen LogP contribution in [0.2, 0.25) is 0 Å². The van der Waals surface area contributed by atoms with Gasteiger partial charge in [-0.3, -0.25) is 4.79 Å². The first-order chi connectivity index (χ1) is 18.0. The Balaban J connectivity index is 1.53. The highest BCUT2D eigenvalue weighted by molar-refractivity contribution is 7.18. The maximum absolute atomic E-state index is 14.6. The van der Waals surface area contributed by atoms with Gasteiger partial charge in [-0.2, -0.15) is 0 Å². The highest BCUT2D eigenvalue weighted by Crippen LogP contribution is 2.40. The maximum atomic E-state index is 14.6. The molecule has 1 aliphatic heterocycles. The second-order valence-corrected chi connectivity index (χ2v) is 9.73. The Morgan fingerprint density at radius 2 is 2.11 bits per heavy atom. The molecule has 0 radical (unpaired) electrons. The minimum atomic E-state index is -0.540. The van der Waals surface area contributed by atoms with Gasteiger partial charge in [-0.05, 0) is 43.2 Å². The first kappa shape index (κ1) is 25.0. The molecule has 1 saturated heterocycles. The van der Waals surface area contributed by atoms with E-state index in [0.717, 1.165) is 40.3 Å². The van der Waals surface area contributed by atoms with E-state index in [1.54, 1.807) is 24.5 Å². The van der Waals surface area contributed by atoms with Gasteiger partial charge in [-0.25, -0.2) is 19.3 Å². The lowest BCUT2D eigenvalue weighted by molar-refractivity contribution is 0.102. The van der Waals surface area contributed by atoms with E-state index in [1.807, 2.05) is 12.1 Å². The number of carbonyl (C=O) groups excluding carboxylic acids is 1. The summed E-state index contributed by atoms with van der Waals surface area (Å²) >= 11 is 1.56. The number of methoxy groups -OCH3 is 2. The summed E-state index contributed by atoms with van der Waals surface area (Å²) in [6.07, 6.45) is 3.39. The van der Waals surface area contributed by atoms with Crippen LogP contribution in [0.3, 0.4) is 0 Å². The van der Waals surface area contributed by atoms with Crippen molar-refractivity contribution in [3.63, 3.8) is 0 Å². The van der Waals surface area contributed by atoms with E-state index in [1.165, 1.54) is 31.5 Å². The summed E-state index contributed by atoms with van der Waals surface area (Å²) in [4.78, 5) is 29.0. The number of aromatic nitrogens is 3. The lowest BCUT2D eigenvalue weighted by Crippen LogP contribution is -2.36. The van der Waals surface area contributed by atoms with Crippen LogP contribution >= 0.6 is 11.3 Å². The maximum Gasteiger partial charge on any atom is 0.274 e. The summed E-state index contributed by atoms with van der Waals surface area (Å²) in [6.45, 7) is 1.72. The Morgan fingerprint density at radius 1 is 1.24 bits per heavy atom. The number of hydrogen-bond donors (Lipinski definition) is 2. The third kappa shape index (κ3) is 4.85. The zero-order valence-electron chi connectivity index (χ0n) is 20.5. The van der Waals surface area contributed by atoms with Crippen LogP contribution in [-0.4, -0.2) is 54.2 Å². The van der Waals surface area contributed by atoms with Crippen molar-refractivity contribution in [3.8, 4) is 17.1 Å². The number of carbonyl (C=O) groups is 1. The van der Waals surface area contributed by atoms with Crippen molar-refractivity contribution in [3.05, 3.63) is 59.1 Å². The molecule has 1 atom stereocenters. The van der Waals surface area contributed by atoms with Gasteiger partial charge in [0, 0.05) is 32.4 Å². The normalized spacial score (nSPS) is 15.4. The van der Waals surface area contributed by atoms with Gasteiger partial charge in [0.15, 0.2) is 5.82 Å². The quantitative estimate of drug-likeness (QED) is 0.353. The van der Waals surface area contributed by atoms with E-state index in [2.05, 4.69) is 20.2 Å². The molecule has 192 valence electrons. The molecule has 0 unspecified atom stereocenters. The van der Waals surface area contributed by atoms with Crippen molar-refractivity contribution in [2.45, 2.75) is 25.5 Å². The third-order valence-corrected chi connectivity index (χ3v) is 7.33. The number of rotatable bonds is 8. The molecule has 0 bridgehead atoms. The van der Waals surface area contributed by atoms with Gasteiger partial charge in [-0.15, -0.1) is 11.3 Å². The molecule has 3 N–H and O–H groups in total. The average molecular weight is 523 g/mol. The second-order valence-electron chi connectivity index (χ2n) is 8.61. The zero-order valence-corrected chi connectivity index (χ0v) is 21.3. The Bertz CT molecular complexity index is 1450. The molecule has 2 aromatic heterocycles. The zero-order chi connectivity index (χ0) is 25.9. The van der Waals surface area contributed by atoms with Crippen molar-refractivity contribution >= 4 is 38.8 Å². The smallest absolute Gasteiger partial charge is 0.274 e. The molecular weight excluding hydrogens is 495 g/mol. The number of amides is 1. The first-order valence-corrected chi connectivity index (χ1v) is 12.7. The molecule has 2 aromatic carbocycles. The van der Waals surface area contributed by atoms with E-state index in [9.17, 15) is 9.18 Å². The van der Waals surface area contributed by atoms with Crippen molar-refractivity contribution in [1.29, 1.82) is 0 Å². The molecule has 9 nitrogen and oxygen atoms in total. The van der Waals surface area contributed by atoms with E-state index in [4.69, 9.17) is 20.2 Å². The molecule has 11 heteroatoms. The Kier molecular flexibility index (Phi) is 7.26. The minimum Gasteiger partial charge on any atom is -0.496 e. The highest BCUT2D eigenvalue weighted by atomic mass is 32.1. The number of anilines is 2. The number of nitrogens with one attached hydrogen (secondary N) is 1. The summed E-state index contributed by atoms with van der Waals surface area (Å²) < 4.78 is 26.2. The van der Waals surface area contributed by atoms with Crippen LogP contribution in [0, 0.1) is 5.82 Å². The topological polar surface area (TPSA) is 115 Å². The molecule has 1 amide bonds. The number of halogens is 1. The lowest BCUT2D eigenvalue weighted by atomic mass is 10.1. The van der Waals surface area contributed by atoms with Gasteiger partial charge in [0.2, 0.25) is 0 Å². The molecule has 3 heterocycles. The fourth-order valence-electron chi connectivity index (χ4n) is 4.66. The third-order valence-electron chi connectivity index (χ3n) is 6.34. The van der Waals surface area contributed by atoms with Crippen LogP contribution in [0.1, 0.15) is 28.3 Å². The summed E-state index contributed by atoms with van der Waals surface area (Å²) in [5, 5.41) is 3.85. The second kappa shape index (κ2) is 10.8. The molecule has 1 aliphatic rings. The number of thiazole rings is 1. The van der Waals surface area contributed by atoms with Gasteiger partial charge in [0.25, 0.3) is 5.91 Å². The van der Waals surface area contributed by atoms with E-state index >= 15 is 0 Å². The Labute approximate surface area is 217 Å². The molecule has 1 fully saturated rings. The summed E-state index contributed by atoms with van der Waals surface area (Å²) in [5.41, 5.74) is 8.52. The van der Waals surface area contributed by atoms with Crippen LogP contribution in [0.5, 0.6) is 5.75 Å². The van der Waals surface area contributed by atoms with Gasteiger partial charge < -0.3 is 25.4 Å². The van der Waals surface area contributed by atoms with Crippen molar-refractivity contribution in [2.24, 2.45) is 5.73 Å². The Morgan fingerprint density at radius 3 is 2.89 bits per heavy atom. The molecule has 5 rings (SSSR count). The fraction of sp³-hybridized carbons (Fsp3) is 0.308. The van der Waals surface area contributed by atoms with Crippen LogP contribution in [-0.2, 0) is 11.3 Å². The Hall–Kier alpha value is -3.67. The number of hydrogen-bond acceptors (Lipinski definition) is 9.